The molecule has 0 saturated heterocycles. The summed E-state index contributed by atoms with van der Waals surface area (Å²) in [4.78, 5) is 19.1. The van der Waals surface area contributed by atoms with Gasteiger partial charge in [0.05, 0.1) is 16.8 Å². The predicted octanol–water partition coefficient (Wildman–Crippen LogP) is 1.64. The van der Waals surface area contributed by atoms with Crippen molar-refractivity contribution in [3.63, 3.8) is 0 Å². The Kier molecular flexibility index (Phi) is 5.68. The van der Waals surface area contributed by atoms with E-state index in [0.29, 0.717) is 28.4 Å². The number of rotatable bonds is 6. The standard InChI is InChI=1S/C21H26N6O4S/c1-27(2)17-12-14(8-11-23-17)20(28)24-21(9-3-4-10-21)13-31-16-7-5-6-15-18(16)19(22)26-32(29,30)25-15/h5-8,11-12,25H,3-4,9-10,13H2,1-2H3,(H2,22,26)(H,24,28). The molecule has 1 amide bonds. The summed E-state index contributed by atoms with van der Waals surface area (Å²) in [5.41, 5.74) is 6.60. The molecule has 1 fully saturated rings. The largest absolute Gasteiger partial charge is 0.490 e. The molecule has 1 saturated carbocycles. The quantitative estimate of drug-likeness (QED) is 0.598. The van der Waals surface area contributed by atoms with Gasteiger partial charge in [-0.25, -0.2) is 4.98 Å². The highest BCUT2D eigenvalue weighted by atomic mass is 32.2. The van der Waals surface area contributed by atoms with Crippen LogP contribution in [0, 0.1) is 0 Å². The van der Waals surface area contributed by atoms with Crippen molar-refractivity contribution in [1.82, 2.24) is 10.3 Å². The van der Waals surface area contributed by atoms with Crippen LogP contribution in [0.25, 0.3) is 0 Å². The Morgan fingerprint density at radius 2 is 2.03 bits per heavy atom. The van der Waals surface area contributed by atoms with Gasteiger partial charge in [-0.15, -0.1) is 4.40 Å². The maximum atomic E-state index is 13.0. The van der Waals surface area contributed by atoms with E-state index in [1.165, 1.54) is 0 Å². The lowest BCUT2D eigenvalue weighted by molar-refractivity contribution is 0.0854. The second-order valence-electron chi connectivity index (χ2n) is 8.26. The van der Waals surface area contributed by atoms with Crippen molar-refractivity contribution >= 4 is 33.5 Å². The lowest BCUT2D eigenvalue weighted by Gasteiger charge is -2.31. The molecule has 1 aliphatic heterocycles. The summed E-state index contributed by atoms with van der Waals surface area (Å²) < 4.78 is 35.6. The van der Waals surface area contributed by atoms with Crippen LogP contribution in [0.1, 0.15) is 41.6 Å². The van der Waals surface area contributed by atoms with Crippen molar-refractivity contribution in [2.75, 3.05) is 30.3 Å². The first-order valence-corrected chi connectivity index (χ1v) is 11.7. The minimum Gasteiger partial charge on any atom is -0.490 e. The predicted molar refractivity (Wildman–Crippen MR) is 122 cm³/mol. The van der Waals surface area contributed by atoms with Gasteiger partial charge >= 0.3 is 10.2 Å². The molecule has 0 atom stereocenters. The van der Waals surface area contributed by atoms with Gasteiger partial charge in [0.1, 0.15) is 18.2 Å². The molecule has 4 rings (SSSR count). The summed E-state index contributed by atoms with van der Waals surface area (Å²) in [5.74, 6) is 0.782. The number of fused-ring (bicyclic) bond motifs is 1. The van der Waals surface area contributed by atoms with Crippen molar-refractivity contribution in [3.8, 4) is 5.75 Å². The van der Waals surface area contributed by atoms with E-state index in [4.69, 9.17) is 10.5 Å². The topological polar surface area (TPSA) is 139 Å². The van der Waals surface area contributed by atoms with Crippen molar-refractivity contribution in [2.24, 2.45) is 10.1 Å². The van der Waals surface area contributed by atoms with Crippen molar-refractivity contribution in [1.29, 1.82) is 0 Å². The van der Waals surface area contributed by atoms with Gasteiger partial charge in [0, 0.05) is 25.9 Å². The zero-order valence-electron chi connectivity index (χ0n) is 18.0. The Labute approximate surface area is 187 Å². The van der Waals surface area contributed by atoms with Crippen LogP contribution in [-0.4, -0.2) is 51.4 Å². The zero-order valence-corrected chi connectivity index (χ0v) is 18.8. The molecule has 0 radical (unpaired) electrons. The van der Waals surface area contributed by atoms with Gasteiger partial charge in [-0.2, -0.15) is 8.42 Å². The van der Waals surface area contributed by atoms with Gasteiger partial charge in [0.2, 0.25) is 0 Å². The zero-order chi connectivity index (χ0) is 22.9. The van der Waals surface area contributed by atoms with E-state index >= 15 is 0 Å². The molecule has 1 aromatic heterocycles. The number of carbonyl (C=O) groups excluding carboxylic acids is 1. The molecule has 4 N–H and O–H groups in total. The fraction of sp³-hybridized carbons (Fsp3) is 0.381. The third-order valence-electron chi connectivity index (χ3n) is 5.65. The first kappa shape index (κ1) is 21.9. The molecule has 2 aliphatic rings. The number of nitrogens with zero attached hydrogens (tertiary/aromatic N) is 3. The first-order chi connectivity index (χ1) is 15.2. The van der Waals surface area contributed by atoms with Crippen LogP contribution in [-0.2, 0) is 10.2 Å². The van der Waals surface area contributed by atoms with E-state index in [9.17, 15) is 13.2 Å². The summed E-state index contributed by atoms with van der Waals surface area (Å²) >= 11 is 0. The molecule has 1 aliphatic carbocycles. The van der Waals surface area contributed by atoms with E-state index < -0.39 is 15.7 Å². The van der Waals surface area contributed by atoms with E-state index in [0.717, 1.165) is 25.7 Å². The number of hydrogen-bond donors (Lipinski definition) is 3. The molecular formula is C21H26N6O4S. The van der Waals surface area contributed by atoms with Crippen LogP contribution in [0.15, 0.2) is 40.9 Å². The number of nitrogens with two attached hydrogens (primary N) is 1. The van der Waals surface area contributed by atoms with Gasteiger partial charge in [-0.1, -0.05) is 18.9 Å². The number of amidine groups is 1. The Hall–Kier alpha value is -3.34. The minimum atomic E-state index is -3.87. The van der Waals surface area contributed by atoms with Gasteiger partial charge in [-0.3, -0.25) is 9.52 Å². The monoisotopic (exact) mass is 458 g/mol. The highest BCUT2D eigenvalue weighted by molar-refractivity contribution is 7.91. The molecule has 1 aromatic carbocycles. The number of nitrogens with one attached hydrogen (secondary N) is 2. The highest BCUT2D eigenvalue weighted by Crippen LogP contribution is 2.34. The van der Waals surface area contributed by atoms with Crippen LogP contribution in [0.5, 0.6) is 5.75 Å². The third-order valence-corrected chi connectivity index (χ3v) is 6.56. The molecule has 2 aromatic rings. The van der Waals surface area contributed by atoms with Crippen molar-refractivity contribution in [3.05, 3.63) is 47.7 Å². The van der Waals surface area contributed by atoms with Crippen LogP contribution < -0.4 is 25.4 Å². The average molecular weight is 459 g/mol. The molecule has 0 unspecified atom stereocenters. The molecule has 11 heteroatoms. The molecule has 10 nitrogen and oxygen atoms in total. The average Bonchev–Trinajstić information content (AvgIpc) is 3.19. The molecule has 170 valence electrons. The number of anilines is 2. The molecule has 0 spiro atoms. The van der Waals surface area contributed by atoms with Crippen LogP contribution in [0.3, 0.4) is 0 Å². The maximum absolute atomic E-state index is 13.0. The van der Waals surface area contributed by atoms with Crippen LogP contribution in [0.4, 0.5) is 11.5 Å². The van der Waals surface area contributed by atoms with Gasteiger partial charge in [0.15, 0.2) is 5.84 Å². The van der Waals surface area contributed by atoms with Gasteiger partial charge < -0.3 is 20.7 Å². The number of carbonyl (C=O) groups is 1. The Morgan fingerprint density at radius 1 is 1.28 bits per heavy atom. The van der Waals surface area contributed by atoms with E-state index in [-0.39, 0.29) is 18.3 Å². The van der Waals surface area contributed by atoms with Gasteiger partial charge in [0.25, 0.3) is 5.91 Å². The second-order valence-corrected chi connectivity index (χ2v) is 9.60. The van der Waals surface area contributed by atoms with Crippen molar-refractivity contribution < 1.29 is 17.9 Å². The minimum absolute atomic E-state index is 0.133. The fourth-order valence-electron chi connectivity index (χ4n) is 4.03. The SMILES string of the molecule is CN(C)c1cc(C(=O)NC2(COc3cccc4c3C(N)=NS(=O)(=O)N4)CCCC2)ccn1. The van der Waals surface area contributed by atoms with Crippen molar-refractivity contribution in [2.45, 2.75) is 31.2 Å². The first-order valence-electron chi connectivity index (χ1n) is 10.3. The third kappa shape index (κ3) is 4.47. The summed E-state index contributed by atoms with van der Waals surface area (Å²) in [7, 11) is -0.135. The lowest BCUT2D eigenvalue weighted by Crippen LogP contribution is -2.50. The number of aromatic nitrogens is 1. The summed E-state index contributed by atoms with van der Waals surface area (Å²) in [6, 6.07) is 8.41. The molecular weight excluding hydrogens is 432 g/mol. The van der Waals surface area contributed by atoms with Crippen LogP contribution >= 0.6 is 0 Å². The molecule has 2 heterocycles. The Balaban J connectivity index is 1.54. The summed E-state index contributed by atoms with van der Waals surface area (Å²) in [5, 5.41) is 3.17. The normalized spacial score (nSPS) is 18.1. The number of hydrogen-bond acceptors (Lipinski definition) is 7. The fourth-order valence-corrected chi connectivity index (χ4v) is 4.87. The number of pyridine rings is 1. The van der Waals surface area contributed by atoms with Gasteiger partial charge in [-0.05, 0) is 37.1 Å². The second kappa shape index (κ2) is 8.30. The van der Waals surface area contributed by atoms with E-state index in [2.05, 4.69) is 19.4 Å². The van der Waals surface area contributed by atoms with E-state index in [1.807, 2.05) is 19.0 Å². The molecule has 0 bridgehead atoms. The number of benzene rings is 1. The smallest absolute Gasteiger partial charge is 0.344 e. The lowest BCUT2D eigenvalue weighted by atomic mass is 9.98. The highest BCUT2D eigenvalue weighted by Gasteiger charge is 2.37. The number of amides is 1. The Bertz CT molecular complexity index is 1170. The summed E-state index contributed by atoms with van der Waals surface area (Å²) in [6.07, 6.45) is 5.10. The number of ether oxygens (including phenoxy) is 1. The summed E-state index contributed by atoms with van der Waals surface area (Å²) in [6.45, 7) is 0.223. The van der Waals surface area contributed by atoms with E-state index in [1.54, 1.807) is 36.5 Å². The van der Waals surface area contributed by atoms with Crippen LogP contribution in [0.2, 0.25) is 0 Å². The molecule has 32 heavy (non-hydrogen) atoms. The maximum Gasteiger partial charge on any atom is 0.344 e. The Morgan fingerprint density at radius 3 is 2.75 bits per heavy atom.